The van der Waals surface area contributed by atoms with Crippen LogP contribution in [0.5, 0.6) is 0 Å². The molecule has 0 radical (unpaired) electrons. The number of carbonyl (C=O) groups excluding carboxylic acids is 1. The van der Waals surface area contributed by atoms with E-state index < -0.39 is 31.4 Å². The maximum Gasteiger partial charge on any atom is 0.466 e. The summed E-state index contributed by atoms with van der Waals surface area (Å²) in [5.74, 6) is -2.20. The second-order valence-electron chi connectivity index (χ2n) is 2.65. The van der Waals surface area contributed by atoms with E-state index in [9.17, 15) is 4.79 Å². The van der Waals surface area contributed by atoms with Crippen LogP contribution in [0.4, 0.5) is 0 Å². The number of rotatable bonds is 2. The van der Waals surface area contributed by atoms with Crippen molar-refractivity contribution in [1.82, 2.24) is 0 Å². The standard InChI is InChI=1S/C6H8O5.H3O4P/c7-2-1-3-4(8)5(9)6(10)11-3;1-5(2,3)4/h3,7-9H,1-2H2;(H3,1,2,3,4). The van der Waals surface area contributed by atoms with E-state index in [2.05, 4.69) is 4.74 Å². The molecular formula is C6H11O9P. The molecule has 0 saturated heterocycles. The van der Waals surface area contributed by atoms with Gasteiger partial charge in [-0.2, -0.15) is 0 Å². The Balaban J connectivity index is 0.000000385. The lowest BCUT2D eigenvalue weighted by atomic mass is 10.2. The molecule has 16 heavy (non-hydrogen) atoms. The second kappa shape index (κ2) is 5.83. The lowest BCUT2D eigenvalue weighted by molar-refractivity contribution is -0.142. The molecule has 1 aliphatic heterocycles. The van der Waals surface area contributed by atoms with E-state index in [4.69, 9.17) is 34.6 Å². The van der Waals surface area contributed by atoms with Crippen LogP contribution < -0.4 is 0 Å². The van der Waals surface area contributed by atoms with Crippen LogP contribution in [0.2, 0.25) is 0 Å². The molecule has 1 rings (SSSR count). The molecule has 0 bridgehead atoms. The van der Waals surface area contributed by atoms with E-state index in [0.29, 0.717) is 0 Å². The van der Waals surface area contributed by atoms with Crippen LogP contribution in [0.15, 0.2) is 11.5 Å². The third kappa shape index (κ3) is 5.69. The van der Waals surface area contributed by atoms with Gasteiger partial charge in [-0.25, -0.2) is 9.36 Å². The molecule has 1 aliphatic rings. The third-order valence-electron chi connectivity index (χ3n) is 1.38. The molecule has 0 aromatic carbocycles. The first-order valence-corrected chi connectivity index (χ1v) is 5.45. The quantitative estimate of drug-likeness (QED) is 0.260. The fraction of sp³-hybridized carbons (Fsp3) is 0.500. The Labute approximate surface area is 89.5 Å². The van der Waals surface area contributed by atoms with Crippen molar-refractivity contribution in [1.29, 1.82) is 0 Å². The highest BCUT2D eigenvalue weighted by atomic mass is 31.2. The molecule has 0 aliphatic carbocycles. The molecule has 6 N–H and O–H groups in total. The van der Waals surface area contributed by atoms with Crippen LogP contribution in [0.25, 0.3) is 0 Å². The number of aliphatic hydroxyl groups excluding tert-OH is 3. The highest BCUT2D eigenvalue weighted by Gasteiger charge is 2.33. The number of ether oxygens (including phenoxy) is 1. The van der Waals surface area contributed by atoms with E-state index in [1.807, 2.05) is 0 Å². The van der Waals surface area contributed by atoms with Crippen molar-refractivity contribution in [2.75, 3.05) is 6.61 Å². The summed E-state index contributed by atoms with van der Waals surface area (Å²) in [6.45, 7) is -0.213. The van der Waals surface area contributed by atoms with E-state index >= 15 is 0 Å². The molecule has 0 saturated carbocycles. The number of hydrogen-bond donors (Lipinski definition) is 6. The Kier molecular flexibility index (Phi) is 5.42. The fourth-order valence-electron chi connectivity index (χ4n) is 0.811. The van der Waals surface area contributed by atoms with E-state index in [0.717, 1.165) is 0 Å². The van der Waals surface area contributed by atoms with Gasteiger partial charge in [0.15, 0.2) is 11.9 Å². The number of hydrogen-bond acceptors (Lipinski definition) is 6. The molecule has 0 spiro atoms. The maximum absolute atomic E-state index is 10.5. The van der Waals surface area contributed by atoms with E-state index in [1.165, 1.54) is 0 Å². The van der Waals surface area contributed by atoms with Gasteiger partial charge in [-0.05, 0) is 0 Å². The monoisotopic (exact) mass is 258 g/mol. The molecule has 0 aromatic rings. The molecular weight excluding hydrogens is 247 g/mol. The largest absolute Gasteiger partial charge is 0.505 e. The van der Waals surface area contributed by atoms with E-state index in [1.54, 1.807) is 0 Å². The summed E-state index contributed by atoms with van der Waals surface area (Å²) in [4.78, 5) is 32.1. The van der Waals surface area contributed by atoms with Crippen LogP contribution in [-0.2, 0) is 14.1 Å². The first kappa shape index (κ1) is 14.9. The van der Waals surface area contributed by atoms with Gasteiger partial charge in [0.1, 0.15) is 0 Å². The highest BCUT2D eigenvalue weighted by molar-refractivity contribution is 7.45. The molecule has 0 amide bonds. The lowest BCUT2D eigenvalue weighted by Crippen LogP contribution is -2.13. The van der Waals surface area contributed by atoms with Gasteiger partial charge in [0.2, 0.25) is 5.76 Å². The summed E-state index contributed by atoms with van der Waals surface area (Å²) in [7, 11) is -4.64. The predicted octanol–water partition coefficient (Wildman–Crippen LogP) is -1.31. The normalized spacial score (nSPS) is 20.2. The summed E-state index contributed by atoms with van der Waals surface area (Å²) in [5.41, 5.74) is 0. The molecule has 1 heterocycles. The average Bonchev–Trinajstić information content (AvgIpc) is 2.32. The Morgan fingerprint density at radius 2 is 1.69 bits per heavy atom. The number of esters is 1. The second-order valence-corrected chi connectivity index (χ2v) is 3.68. The highest BCUT2D eigenvalue weighted by Crippen LogP contribution is 2.25. The molecule has 0 fully saturated rings. The van der Waals surface area contributed by atoms with Gasteiger partial charge in [0, 0.05) is 13.0 Å². The van der Waals surface area contributed by atoms with Crippen molar-refractivity contribution in [3.63, 3.8) is 0 Å². The van der Waals surface area contributed by atoms with Crippen molar-refractivity contribution in [3.8, 4) is 0 Å². The Bertz CT molecular complexity index is 321. The Morgan fingerprint density at radius 1 is 1.25 bits per heavy atom. The molecule has 1 atom stereocenters. The van der Waals surface area contributed by atoms with Gasteiger partial charge in [0.05, 0.1) is 0 Å². The van der Waals surface area contributed by atoms with Gasteiger partial charge in [-0.3, -0.25) is 0 Å². The van der Waals surface area contributed by atoms with Gasteiger partial charge < -0.3 is 34.7 Å². The predicted molar refractivity (Wildman–Crippen MR) is 48.1 cm³/mol. The van der Waals surface area contributed by atoms with Gasteiger partial charge in [-0.15, -0.1) is 0 Å². The van der Waals surface area contributed by atoms with Crippen molar-refractivity contribution >= 4 is 13.8 Å². The summed E-state index contributed by atoms with van der Waals surface area (Å²) >= 11 is 0. The first-order chi connectivity index (χ1) is 7.16. The average molecular weight is 258 g/mol. The summed E-state index contributed by atoms with van der Waals surface area (Å²) < 4.78 is 13.3. The minimum Gasteiger partial charge on any atom is -0.505 e. The Morgan fingerprint density at radius 3 is 1.94 bits per heavy atom. The van der Waals surface area contributed by atoms with Gasteiger partial charge >= 0.3 is 13.8 Å². The first-order valence-electron chi connectivity index (χ1n) is 3.89. The van der Waals surface area contributed by atoms with Crippen LogP contribution >= 0.6 is 7.82 Å². The zero-order valence-electron chi connectivity index (χ0n) is 7.85. The summed E-state index contributed by atoms with van der Waals surface area (Å²) in [6.07, 6.45) is -0.783. The number of carbonyl (C=O) groups is 1. The summed E-state index contributed by atoms with van der Waals surface area (Å²) in [6, 6.07) is 0. The Hall–Kier alpha value is -1.12. The van der Waals surface area contributed by atoms with Gasteiger partial charge in [-0.1, -0.05) is 0 Å². The van der Waals surface area contributed by atoms with Crippen LogP contribution in [0.1, 0.15) is 6.42 Å². The number of cyclic esters (lactones) is 1. The molecule has 9 nitrogen and oxygen atoms in total. The molecule has 1 unspecified atom stereocenters. The van der Waals surface area contributed by atoms with Crippen LogP contribution in [-0.4, -0.2) is 48.7 Å². The number of aliphatic hydroxyl groups is 3. The van der Waals surface area contributed by atoms with Crippen molar-refractivity contribution < 1.29 is 44.1 Å². The minimum atomic E-state index is -4.64. The number of phosphoric acid groups is 1. The molecule has 10 heteroatoms. The molecule has 94 valence electrons. The minimum absolute atomic E-state index is 0.0988. The summed E-state index contributed by atoms with van der Waals surface area (Å²) in [5, 5.41) is 26.1. The smallest absolute Gasteiger partial charge is 0.466 e. The zero-order chi connectivity index (χ0) is 12.9. The topological polar surface area (TPSA) is 165 Å². The van der Waals surface area contributed by atoms with Crippen molar-refractivity contribution in [2.45, 2.75) is 12.5 Å². The fourth-order valence-corrected chi connectivity index (χ4v) is 0.811. The zero-order valence-corrected chi connectivity index (χ0v) is 8.74. The van der Waals surface area contributed by atoms with Crippen molar-refractivity contribution in [2.24, 2.45) is 0 Å². The SMILES string of the molecule is O=C1OC(CCO)C(O)=C1O.O=P(O)(O)O. The third-order valence-corrected chi connectivity index (χ3v) is 1.38. The van der Waals surface area contributed by atoms with Gasteiger partial charge in [0.25, 0.3) is 0 Å². The van der Waals surface area contributed by atoms with Crippen LogP contribution in [0, 0.1) is 0 Å². The van der Waals surface area contributed by atoms with Crippen molar-refractivity contribution in [3.05, 3.63) is 11.5 Å². The maximum atomic E-state index is 10.5. The van der Waals surface area contributed by atoms with Crippen LogP contribution in [0.3, 0.4) is 0 Å². The lowest BCUT2D eigenvalue weighted by Gasteiger charge is -2.05. The molecule has 0 aromatic heterocycles. The van der Waals surface area contributed by atoms with E-state index in [-0.39, 0.29) is 13.0 Å².